The normalized spacial score (nSPS) is 19.0. The highest BCUT2D eigenvalue weighted by atomic mass is 16.5. The third kappa shape index (κ3) is 4.17. The minimum Gasteiger partial charge on any atom is -0.481 e. The van der Waals surface area contributed by atoms with Gasteiger partial charge in [-0.3, -0.25) is 14.4 Å². The number of aliphatic carboxylic acids is 1. The Kier molecular flexibility index (Phi) is 5.03. The van der Waals surface area contributed by atoms with Gasteiger partial charge in [0.2, 0.25) is 5.91 Å². The van der Waals surface area contributed by atoms with Gasteiger partial charge in [-0.25, -0.2) is 0 Å². The summed E-state index contributed by atoms with van der Waals surface area (Å²) >= 11 is 0. The van der Waals surface area contributed by atoms with Gasteiger partial charge >= 0.3 is 5.97 Å². The molecule has 1 aliphatic heterocycles. The highest BCUT2D eigenvalue weighted by Crippen LogP contribution is 2.31. The zero-order chi connectivity index (χ0) is 17.9. The zero-order valence-electron chi connectivity index (χ0n) is 13.9. The van der Waals surface area contributed by atoms with E-state index < -0.39 is 11.4 Å². The van der Waals surface area contributed by atoms with Crippen LogP contribution in [0.2, 0.25) is 0 Å². The maximum Gasteiger partial charge on any atom is 0.311 e. The predicted molar refractivity (Wildman–Crippen MR) is 90.3 cm³/mol. The first-order valence-corrected chi connectivity index (χ1v) is 8.50. The van der Waals surface area contributed by atoms with Gasteiger partial charge in [0, 0.05) is 36.9 Å². The van der Waals surface area contributed by atoms with Crippen molar-refractivity contribution in [3.63, 3.8) is 0 Å². The van der Waals surface area contributed by atoms with Crippen LogP contribution in [0.25, 0.3) is 0 Å². The molecule has 3 N–H and O–H groups in total. The molecule has 0 radical (unpaired) electrons. The van der Waals surface area contributed by atoms with Gasteiger partial charge in [0.05, 0.1) is 5.41 Å². The molecule has 1 saturated carbocycles. The van der Waals surface area contributed by atoms with Crippen LogP contribution in [0.3, 0.4) is 0 Å². The topological polar surface area (TPSA) is 105 Å². The Morgan fingerprint density at radius 2 is 1.92 bits per heavy atom. The molecule has 0 atom stereocenters. The third-order valence-electron chi connectivity index (χ3n) is 4.83. The molecule has 0 unspecified atom stereocenters. The Bertz CT molecular complexity index is 678. The summed E-state index contributed by atoms with van der Waals surface area (Å²) in [6, 6.07) is 6.67. The third-order valence-corrected chi connectivity index (χ3v) is 4.83. The summed E-state index contributed by atoms with van der Waals surface area (Å²) in [5, 5.41) is 15.0. The van der Waals surface area contributed by atoms with E-state index in [9.17, 15) is 19.5 Å². The summed E-state index contributed by atoms with van der Waals surface area (Å²) in [5.74, 6) is -1.21. The number of amides is 2. The Balaban J connectivity index is 1.62. The molecule has 1 saturated heterocycles. The maximum atomic E-state index is 12.4. The van der Waals surface area contributed by atoms with Crippen molar-refractivity contribution in [1.82, 2.24) is 5.32 Å². The molecular formula is C18H22N2O5. The van der Waals surface area contributed by atoms with E-state index >= 15 is 0 Å². The van der Waals surface area contributed by atoms with E-state index in [0.717, 1.165) is 12.8 Å². The molecule has 0 aromatic heterocycles. The molecule has 7 nitrogen and oxygen atoms in total. The molecule has 1 aromatic carbocycles. The van der Waals surface area contributed by atoms with Gasteiger partial charge in [0.15, 0.2) is 0 Å². The van der Waals surface area contributed by atoms with Crippen LogP contribution in [0.15, 0.2) is 24.3 Å². The minimum atomic E-state index is -0.980. The fourth-order valence-corrected chi connectivity index (χ4v) is 2.91. The summed E-state index contributed by atoms with van der Waals surface area (Å²) in [5.41, 5.74) is -0.0177. The van der Waals surface area contributed by atoms with Crippen molar-refractivity contribution in [2.75, 3.05) is 25.1 Å². The SMILES string of the molecule is O=C(NCC1(C(=O)O)CCOCC1)c1cccc(NC(=O)C2CC2)c1. The minimum absolute atomic E-state index is 0.0235. The largest absolute Gasteiger partial charge is 0.481 e. The van der Waals surface area contributed by atoms with E-state index in [4.69, 9.17) is 4.74 Å². The molecule has 1 heterocycles. The van der Waals surface area contributed by atoms with Crippen LogP contribution in [-0.4, -0.2) is 42.6 Å². The van der Waals surface area contributed by atoms with E-state index in [2.05, 4.69) is 10.6 Å². The lowest BCUT2D eigenvalue weighted by molar-refractivity contribution is -0.154. The van der Waals surface area contributed by atoms with Crippen molar-refractivity contribution in [1.29, 1.82) is 0 Å². The van der Waals surface area contributed by atoms with Gasteiger partial charge in [0.1, 0.15) is 0 Å². The van der Waals surface area contributed by atoms with E-state index in [1.54, 1.807) is 24.3 Å². The van der Waals surface area contributed by atoms with Gasteiger partial charge < -0.3 is 20.5 Å². The van der Waals surface area contributed by atoms with E-state index in [-0.39, 0.29) is 24.3 Å². The van der Waals surface area contributed by atoms with Gasteiger partial charge in [-0.1, -0.05) is 6.07 Å². The van der Waals surface area contributed by atoms with E-state index in [0.29, 0.717) is 37.3 Å². The number of rotatable bonds is 6. The van der Waals surface area contributed by atoms with Crippen LogP contribution in [0.5, 0.6) is 0 Å². The lowest BCUT2D eigenvalue weighted by atomic mass is 9.80. The Labute approximate surface area is 145 Å². The molecule has 2 fully saturated rings. The number of anilines is 1. The standard InChI is InChI=1S/C18H22N2O5/c21-15(19-11-18(17(23)24)6-8-25-9-7-18)13-2-1-3-14(10-13)20-16(22)12-4-5-12/h1-3,10,12H,4-9,11H2,(H,19,21)(H,20,22)(H,23,24). The van der Waals surface area contributed by atoms with Crippen molar-refractivity contribution in [2.24, 2.45) is 11.3 Å². The predicted octanol–water partition coefficient (Wildman–Crippen LogP) is 1.65. The molecule has 1 aromatic rings. The molecule has 2 aliphatic rings. The van der Waals surface area contributed by atoms with Gasteiger partial charge in [-0.15, -0.1) is 0 Å². The number of nitrogens with one attached hydrogen (secondary N) is 2. The average molecular weight is 346 g/mol. The van der Waals surface area contributed by atoms with Crippen molar-refractivity contribution < 1.29 is 24.2 Å². The van der Waals surface area contributed by atoms with Crippen molar-refractivity contribution in [2.45, 2.75) is 25.7 Å². The molecule has 134 valence electrons. The second-order valence-electron chi connectivity index (χ2n) is 6.72. The first kappa shape index (κ1) is 17.4. The Hall–Kier alpha value is -2.41. The lowest BCUT2D eigenvalue weighted by Crippen LogP contribution is -2.46. The quantitative estimate of drug-likeness (QED) is 0.726. The van der Waals surface area contributed by atoms with Crippen molar-refractivity contribution >= 4 is 23.5 Å². The highest BCUT2D eigenvalue weighted by Gasteiger charge is 2.40. The zero-order valence-corrected chi connectivity index (χ0v) is 13.9. The fraction of sp³-hybridized carbons (Fsp3) is 0.500. The number of carboxylic acid groups (broad SMARTS) is 1. The van der Waals surface area contributed by atoms with E-state index in [1.165, 1.54) is 0 Å². The van der Waals surface area contributed by atoms with Gasteiger partial charge in [-0.2, -0.15) is 0 Å². The van der Waals surface area contributed by atoms with Crippen LogP contribution >= 0.6 is 0 Å². The molecule has 0 bridgehead atoms. The fourth-order valence-electron chi connectivity index (χ4n) is 2.91. The average Bonchev–Trinajstić information content (AvgIpc) is 3.46. The second kappa shape index (κ2) is 7.23. The summed E-state index contributed by atoms with van der Waals surface area (Å²) < 4.78 is 5.23. The Morgan fingerprint density at radius 3 is 2.56 bits per heavy atom. The molecule has 2 amide bonds. The summed E-state index contributed by atoms with van der Waals surface area (Å²) in [4.78, 5) is 35.8. The summed E-state index contributed by atoms with van der Waals surface area (Å²) in [6.07, 6.45) is 2.57. The first-order valence-electron chi connectivity index (χ1n) is 8.50. The second-order valence-corrected chi connectivity index (χ2v) is 6.72. The number of carboxylic acids is 1. The number of benzene rings is 1. The first-order chi connectivity index (χ1) is 12.0. The molecule has 25 heavy (non-hydrogen) atoms. The van der Waals surface area contributed by atoms with Crippen molar-refractivity contribution in [3.8, 4) is 0 Å². The molecule has 3 rings (SSSR count). The Morgan fingerprint density at radius 1 is 1.20 bits per heavy atom. The number of hydrogen-bond acceptors (Lipinski definition) is 4. The molecule has 1 aliphatic carbocycles. The van der Waals surface area contributed by atoms with Crippen LogP contribution in [0, 0.1) is 11.3 Å². The van der Waals surface area contributed by atoms with Crippen molar-refractivity contribution in [3.05, 3.63) is 29.8 Å². The van der Waals surface area contributed by atoms with E-state index in [1.807, 2.05) is 0 Å². The van der Waals surface area contributed by atoms with Gasteiger partial charge in [-0.05, 0) is 43.9 Å². The summed E-state index contributed by atoms with van der Waals surface area (Å²) in [6.45, 7) is 0.818. The summed E-state index contributed by atoms with van der Waals surface area (Å²) in [7, 11) is 0. The van der Waals surface area contributed by atoms with Crippen LogP contribution in [-0.2, 0) is 14.3 Å². The lowest BCUT2D eigenvalue weighted by Gasteiger charge is -2.33. The number of carbonyl (C=O) groups excluding carboxylic acids is 2. The highest BCUT2D eigenvalue weighted by molar-refractivity contribution is 5.98. The molecule has 0 spiro atoms. The smallest absolute Gasteiger partial charge is 0.311 e. The van der Waals surface area contributed by atoms with Crippen LogP contribution < -0.4 is 10.6 Å². The number of hydrogen-bond donors (Lipinski definition) is 3. The maximum absolute atomic E-state index is 12.4. The van der Waals surface area contributed by atoms with Gasteiger partial charge in [0.25, 0.3) is 5.91 Å². The number of carbonyl (C=O) groups is 3. The number of ether oxygens (including phenoxy) is 1. The van der Waals surface area contributed by atoms with Crippen LogP contribution in [0.1, 0.15) is 36.0 Å². The van der Waals surface area contributed by atoms with Crippen LogP contribution in [0.4, 0.5) is 5.69 Å². The molecule has 7 heteroatoms. The molecular weight excluding hydrogens is 324 g/mol. The monoisotopic (exact) mass is 346 g/mol.